The molecule has 0 saturated heterocycles. The molecule has 22 heavy (non-hydrogen) atoms. The lowest BCUT2D eigenvalue weighted by Gasteiger charge is -2.19. The van der Waals surface area contributed by atoms with Crippen LogP contribution in [0.5, 0.6) is 0 Å². The average Bonchev–Trinajstić information content (AvgIpc) is 2.47. The van der Waals surface area contributed by atoms with Gasteiger partial charge in [-0.3, -0.25) is 4.79 Å². The number of H-pyrrole nitrogens is 1. The van der Waals surface area contributed by atoms with Crippen molar-refractivity contribution in [1.29, 1.82) is 0 Å². The summed E-state index contributed by atoms with van der Waals surface area (Å²) in [5, 5.41) is 0.631. The molecule has 0 fully saturated rings. The summed E-state index contributed by atoms with van der Waals surface area (Å²) in [6.07, 6.45) is 0. The van der Waals surface area contributed by atoms with E-state index in [0.717, 1.165) is 17.0 Å². The van der Waals surface area contributed by atoms with E-state index in [2.05, 4.69) is 9.97 Å². The third-order valence-corrected chi connectivity index (χ3v) is 3.87. The summed E-state index contributed by atoms with van der Waals surface area (Å²) >= 11 is 1.50. The predicted octanol–water partition coefficient (Wildman–Crippen LogP) is 3.65. The SMILES string of the molecule is Cc1c(-c2ccccc2)nc(SCCOC(C)(C)C)[nH]c1=O. The number of ether oxygens (including phenoxy) is 1. The summed E-state index contributed by atoms with van der Waals surface area (Å²) < 4.78 is 5.68. The standard InChI is InChI=1S/C17H22N2O2S/c1-12-14(13-8-6-5-7-9-13)18-16(19-15(12)20)22-11-10-21-17(2,3)4/h5-9H,10-11H2,1-4H3,(H,18,19,20). The number of hydrogen-bond acceptors (Lipinski definition) is 4. The van der Waals surface area contributed by atoms with Crippen molar-refractivity contribution in [3.05, 3.63) is 46.2 Å². The fourth-order valence-electron chi connectivity index (χ4n) is 1.94. The highest BCUT2D eigenvalue weighted by atomic mass is 32.2. The zero-order valence-corrected chi connectivity index (χ0v) is 14.3. The summed E-state index contributed by atoms with van der Waals surface area (Å²) in [4.78, 5) is 19.5. The maximum absolute atomic E-state index is 12.1. The second-order valence-corrected chi connectivity index (χ2v) is 7.10. The van der Waals surface area contributed by atoms with E-state index in [9.17, 15) is 4.79 Å². The van der Waals surface area contributed by atoms with Crippen molar-refractivity contribution in [2.24, 2.45) is 0 Å². The van der Waals surface area contributed by atoms with Crippen molar-refractivity contribution in [3.8, 4) is 11.3 Å². The van der Waals surface area contributed by atoms with Gasteiger partial charge in [-0.15, -0.1) is 0 Å². The number of thioether (sulfide) groups is 1. The third kappa shape index (κ3) is 4.71. The van der Waals surface area contributed by atoms with E-state index in [-0.39, 0.29) is 11.2 Å². The Labute approximate surface area is 135 Å². The van der Waals surface area contributed by atoms with Gasteiger partial charge >= 0.3 is 0 Å². The molecule has 0 spiro atoms. The van der Waals surface area contributed by atoms with Crippen molar-refractivity contribution < 1.29 is 4.74 Å². The normalized spacial score (nSPS) is 11.6. The van der Waals surface area contributed by atoms with Crippen LogP contribution in [-0.2, 0) is 4.74 Å². The molecule has 1 heterocycles. The fraction of sp³-hybridized carbons (Fsp3) is 0.412. The van der Waals surface area contributed by atoms with E-state index >= 15 is 0 Å². The van der Waals surface area contributed by atoms with Crippen molar-refractivity contribution in [1.82, 2.24) is 9.97 Å². The highest BCUT2D eigenvalue weighted by Crippen LogP contribution is 2.21. The quantitative estimate of drug-likeness (QED) is 0.519. The van der Waals surface area contributed by atoms with Crippen LogP contribution in [0, 0.1) is 6.92 Å². The molecule has 0 aliphatic carbocycles. The zero-order valence-electron chi connectivity index (χ0n) is 13.5. The smallest absolute Gasteiger partial charge is 0.255 e. The molecular formula is C17H22N2O2S. The first kappa shape index (κ1) is 16.8. The maximum Gasteiger partial charge on any atom is 0.255 e. The van der Waals surface area contributed by atoms with Crippen LogP contribution >= 0.6 is 11.8 Å². The molecule has 0 amide bonds. The highest BCUT2D eigenvalue weighted by molar-refractivity contribution is 7.99. The Bertz CT molecular complexity index is 675. The van der Waals surface area contributed by atoms with Crippen LogP contribution in [0.4, 0.5) is 0 Å². The number of nitrogens with one attached hydrogen (secondary N) is 1. The summed E-state index contributed by atoms with van der Waals surface area (Å²) in [6, 6.07) is 9.77. The van der Waals surface area contributed by atoms with Gasteiger partial charge in [0.05, 0.1) is 17.9 Å². The van der Waals surface area contributed by atoms with E-state index in [1.165, 1.54) is 11.8 Å². The van der Waals surface area contributed by atoms with E-state index in [4.69, 9.17) is 4.74 Å². The summed E-state index contributed by atoms with van der Waals surface area (Å²) in [5.74, 6) is 0.748. The van der Waals surface area contributed by atoms with Gasteiger partial charge < -0.3 is 9.72 Å². The first-order valence-electron chi connectivity index (χ1n) is 7.30. The number of rotatable bonds is 5. The summed E-state index contributed by atoms with van der Waals surface area (Å²) in [6.45, 7) is 8.49. The lowest BCUT2D eigenvalue weighted by atomic mass is 10.1. The lowest BCUT2D eigenvalue weighted by Crippen LogP contribution is -2.20. The molecule has 1 aromatic carbocycles. The molecule has 1 N–H and O–H groups in total. The fourth-order valence-corrected chi connectivity index (χ4v) is 2.62. The van der Waals surface area contributed by atoms with Crippen LogP contribution in [0.2, 0.25) is 0 Å². The van der Waals surface area contributed by atoms with Gasteiger partial charge in [0.25, 0.3) is 5.56 Å². The van der Waals surface area contributed by atoms with Crippen molar-refractivity contribution in [2.45, 2.75) is 38.5 Å². The predicted molar refractivity (Wildman–Crippen MR) is 91.5 cm³/mol. The summed E-state index contributed by atoms with van der Waals surface area (Å²) in [5.41, 5.74) is 2.10. The van der Waals surface area contributed by atoms with Gasteiger partial charge in [-0.25, -0.2) is 4.98 Å². The number of aromatic nitrogens is 2. The van der Waals surface area contributed by atoms with Crippen LogP contribution in [0.3, 0.4) is 0 Å². The zero-order chi connectivity index (χ0) is 16.2. The Morgan fingerprint density at radius 3 is 2.55 bits per heavy atom. The van der Waals surface area contributed by atoms with Crippen molar-refractivity contribution in [2.75, 3.05) is 12.4 Å². The number of nitrogens with zero attached hydrogens (tertiary/aromatic N) is 1. The second kappa shape index (κ2) is 7.11. The first-order chi connectivity index (χ1) is 10.4. The lowest BCUT2D eigenvalue weighted by molar-refractivity contribution is 0.00693. The van der Waals surface area contributed by atoms with Crippen LogP contribution in [0.15, 0.2) is 40.3 Å². The minimum absolute atomic E-state index is 0.0897. The van der Waals surface area contributed by atoms with Gasteiger partial charge in [0.15, 0.2) is 5.16 Å². The van der Waals surface area contributed by atoms with E-state index < -0.39 is 0 Å². The third-order valence-electron chi connectivity index (χ3n) is 3.03. The minimum Gasteiger partial charge on any atom is -0.375 e. The molecule has 0 bridgehead atoms. The Kier molecular flexibility index (Phi) is 5.42. The minimum atomic E-state index is -0.149. The van der Waals surface area contributed by atoms with E-state index in [0.29, 0.717) is 17.3 Å². The molecule has 5 heteroatoms. The van der Waals surface area contributed by atoms with Gasteiger partial charge in [-0.05, 0) is 27.7 Å². The molecule has 118 valence electrons. The van der Waals surface area contributed by atoms with Gasteiger partial charge in [0, 0.05) is 16.9 Å². The molecule has 0 aliphatic heterocycles. The second-order valence-electron chi connectivity index (χ2n) is 6.02. The van der Waals surface area contributed by atoms with Crippen LogP contribution in [0.25, 0.3) is 11.3 Å². The Balaban J connectivity index is 2.14. The Morgan fingerprint density at radius 1 is 1.23 bits per heavy atom. The Hall–Kier alpha value is -1.59. The molecule has 2 rings (SSSR count). The average molecular weight is 318 g/mol. The molecule has 4 nitrogen and oxygen atoms in total. The molecule has 0 atom stereocenters. The number of hydrogen-bond donors (Lipinski definition) is 1. The molecule has 2 aromatic rings. The van der Waals surface area contributed by atoms with E-state index in [1.54, 1.807) is 6.92 Å². The van der Waals surface area contributed by atoms with Gasteiger partial charge in [0.1, 0.15) is 0 Å². The summed E-state index contributed by atoms with van der Waals surface area (Å²) in [7, 11) is 0. The monoisotopic (exact) mass is 318 g/mol. The molecule has 0 radical (unpaired) electrons. The first-order valence-corrected chi connectivity index (χ1v) is 8.28. The van der Waals surface area contributed by atoms with Crippen LogP contribution in [0.1, 0.15) is 26.3 Å². The Morgan fingerprint density at radius 2 is 1.91 bits per heavy atom. The molecule has 0 aliphatic rings. The van der Waals surface area contributed by atoms with Crippen molar-refractivity contribution >= 4 is 11.8 Å². The number of aromatic amines is 1. The van der Waals surface area contributed by atoms with Crippen LogP contribution in [-0.4, -0.2) is 27.9 Å². The maximum atomic E-state index is 12.1. The number of benzene rings is 1. The van der Waals surface area contributed by atoms with Gasteiger partial charge in [-0.1, -0.05) is 42.1 Å². The molecule has 0 unspecified atom stereocenters. The van der Waals surface area contributed by atoms with E-state index in [1.807, 2.05) is 51.1 Å². The highest BCUT2D eigenvalue weighted by Gasteiger charge is 2.12. The molecular weight excluding hydrogens is 296 g/mol. The molecule has 0 saturated carbocycles. The van der Waals surface area contributed by atoms with Gasteiger partial charge in [0.2, 0.25) is 0 Å². The van der Waals surface area contributed by atoms with Crippen LogP contribution < -0.4 is 5.56 Å². The van der Waals surface area contributed by atoms with Crippen molar-refractivity contribution in [3.63, 3.8) is 0 Å². The van der Waals surface area contributed by atoms with Gasteiger partial charge in [-0.2, -0.15) is 0 Å². The largest absolute Gasteiger partial charge is 0.375 e. The molecule has 1 aromatic heterocycles. The topological polar surface area (TPSA) is 55.0 Å².